The first-order valence-electron chi connectivity index (χ1n) is 6.98. The fourth-order valence-corrected chi connectivity index (χ4v) is 2.50. The van der Waals surface area contributed by atoms with Gasteiger partial charge in [0.05, 0.1) is 5.56 Å². The topological polar surface area (TPSA) is 32.3 Å². The summed E-state index contributed by atoms with van der Waals surface area (Å²) in [5.74, 6) is -2.61. The Morgan fingerprint density at radius 1 is 1.30 bits per heavy atom. The molecule has 1 N–H and O–H groups in total. The number of benzene rings is 1. The standard InChI is InChI=1S/C15H20F2N2O/c1-10(2)19-8-6-11(7-9-19)18-15(20)12-4-3-5-13(16)14(12)17/h3-5,10-11H,6-9H2,1-2H3,(H,18,20). The van der Waals surface area contributed by atoms with Crippen LogP contribution in [0, 0.1) is 11.6 Å². The molecule has 0 saturated carbocycles. The van der Waals surface area contributed by atoms with E-state index in [0.717, 1.165) is 32.0 Å². The fourth-order valence-electron chi connectivity index (χ4n) is 2.50. The van der Waals surface area contributed by atoms with Crippen molar-refractivity contribution < 1.29 is 13.6 Å². The molecule has 5 heteroatoms. The Balaban J connectivity index is 1.94. The zero-order chi connectivity index (χ0) is 14.7. The van der Waals surface area contributed by atoms with E-state index < -0.39 is 17.5 Å². The zero-order valence-electron chi connectivity index (χ0n) is 11.8. The Bertz CT molecular complexity index is 483. The minimum absolute atomic E-state index is 0.0279. The van der Waals surface area contributed by atoms with Gasteiger partial charge < -0.3 is 10.2 Å². The van der Waals surface area contributed by atoms with Gasteiger partial charge >= 0.3 is 0 Å². The third-order valence-electron chi connectivity index (χ3n) is 3.79. The summed E-state index contributed by atoms with van der Waals surface area (Å²) in [5.41, 5.74) is -0.226. The summed E-state index contributed by atoms with van der Waals surface area (Å²) < 4.78 is 26.6. The van der Waals surface area contributed by atoms with Crippen LogP contribution in [0.1, 0.15) is 37.0 Å². The van der Waals surface area contributed by atoms with E-state index in [2.05, 4.69) is 24.1 Å². The first-order chi connectivity index (χ1) is 9.49. The lowest BCUT2D eigenvalue weighted by molar-refractivity contribution is 0.0895. The van der Waals surface area contributed by atoms with Crippen molar-refractivity contribution in [2.45, 2.75) is 38.8 Å². The van der Waals surface area contributed by atoms with Gasteiger partial charge in [0.2, 0.25) is 0 Å². The molecule has 2 rings (SSSR count). The molecule has 0 atom stereocenters. The first kappa shape index (κ1) is 14.9. The summed E-state index contributed by atoms with van der Waals surface area (Å²) >= 11 is 0. The Hall–Kier alpha value is -1.49. The predicted molar refractivity (Wildman–Crippen MR) is 73.6 cm³/mol. The number of amides is 1. The van der Waals surface area contributed by atoms with E-state index in [4.69, 9.17) is 0 Å². The summed E-state index contributed by atoms with van der Waals surface area (Å²) in [6.07, 6.45) is 1.67. The molecule has 1 saturated heterocycles. The largest absolute Gasteiger partial charge is 0.349 e. The number of piperidine rings is 1. The van der Waals surface area contributed by atoms with Crippen LogP contribution in [0.2, 0.25) is 0 Å². The summed E-state index contributed by atoms with van der Waals surface area (Å²) in [6, 6.07) is 4.17. The van der Waals surface area contributed by atoms with E-state index in [1.165, 1.54) is 12.1 Å². The van der Waals surface area contributed by atoms with Crippen molar-refractivity contribution in [2.75, 3.05) is 13.1 Å². The molecule has 1 fully saturated rings. The molecule has 0 bridgehead atoms. The van der Waals surface area contributed by atoms with Gasteiger partial charge in [0.15, 0.2) is 11.6 Å². The van der Waals surface area contributed by atoms with Crippen molar-refractivity contribution in [3.8, 4) is 0 Å². The van der Waals surface area contributed by atoms with Gasteiger partial charge in [0.25, 0.3) is 5.91 Å². The average molecular weight is 282 g/mol. The third kappa shape index (κ3) is 3.33. The van der Waals surface area contributed by atoms with Gasteiger partial charge in [-0.15, -0.1) is 0 Å². The Labute approximate surface area is 118 Å². The van der Waals surface area contributed by atoms with Crippen LogP contribution in [-0.4, -0.2) is 36.0 Å². The maximum Gasteiger partial charge on any atom is 0.254 e. The first-order valence-corrected chi connectivity index (χ1v) is 6.98. The lowest BCUT2D eigenvalue weighted by Gasteiger charge is -2.34. The van der Waals surface area contributed by atoms with Gasteiger partial charge in [-0.05, 0) is 38.8 Å². The normalized spacial score (nSPS) is 17.4. The van der Waals surface area contributed by atoms with Gasteiger partial charge in [-0.1, -0.05) is 6.07 Å². The second-order valence-electron chi connectivity index (χ2n) is 5.48. The molecular formula is C15H20F2N2O. The second-order valence-corrected chi connectivity index (χ2v) is 5.48. The summed E-state index contributed by atoms with van der Waals surface area (Å²) in [5, 5.41) is 2.79. The number of halogens is 2. The highest BCUT2D eigenvalue weighted by Crippen LogP contribution is 2.15. The quantitative estimate of drug-likeness (QED) is 0.924. The highest BCUT2D eigenvalue weighted by atomic mass is 19.2. The predicted octanol–water partition coefficient (Wildman–Crippen LogP) is 2.57. The minimum Gasteiger partial charge on any atom is -0.349 e. The van der Waals surface area contributed by atoms with Crippen molar-refractivity contribution in [1.29, 1.82) is 0 Å². The zero-order valence-corrected chi connectivity index (χ0v) is 11.8. The molecule has 0 spiro atoms. The Morgan fingerprint density at radius 2 is 1.95 bits per heavy atom. The molecule has 0 unspecified atom stereocenters. The van der Waals surface area contributed by atoms with Crippen LogP contribution >= 0.6 is 0 Å². The van der Waals surface area contributed by atoms with Crippen LogP contribution in [0.5, 0.6) is 0 Å². The summed E-state index contributed by atoms with van der Waals surface area (Å²) in [7, 11) is 0. The highest BCUT2D eigenvalue weighted by molar-refractivity contribution is 5.94. The van der Waals surface area contributed by atoms with Gasteiger partial charge in [0, 0.05) is 25.2 Å². The van der Waals surface area contributed by atoms with Crippen molar-refractivity contribution in [2.24, 2.45) is 0 Å². The minimum atomic E-state index is -1.08. The van der Waals surface area contributed by atoms with E-state index in [0.29, 0.717) is 6.04 Å². The number of nitrogens with one attached hydrogen (secondary N) is 1. The molecule has 0 aromatic heterocycles. The summed E-state index contributed by atoms with van der Waals surface area (Å²) in [4.78, 5) is 14.3. The maximum atomic E-state index is 13.5. The van der Waals surface area contributed by atoms with E-state index >= 15 is 0 Å². The second kappa shape index (κ2) is 6.31. The summed E-state index contributed by atoms with van der Waals surface area (Å²) in [6.45, 7) is 6.10. The molecular weight excluding hydrogens is 262 g/mol. The average Bonchev–Trinajstić information content (AvgIpc) is 2.42. The van der Waals surface area contributed by atoms with Crippen LogP contribution in [0.3, 0.4) is 0 Å². The smallest absolute Gasteiger partial charge is 0.254 e. The SMILES string of the molecule is CC(C)N1CCC(NC(=O)c2cccc(F)c2F)CC1. The van der Waals surface area contributed by atoms with Crippen LogP contribution < -0.4 is 5.32 Å². The van der Waals surface area contributed by atoms with Crippen molar-refractivity contribution >= 4 is 5.91 Å². The van der Waals surface area contributed by atoms with Gasteiger partial charge in [-0.25, -0.2) is 8.78 Å². The molecule has 1 aromatic carbocycles. The van der Waals surface area contributed by atoms with E-state index in [1.54, 1.807) is 0 Å². The molecule has 0 radical (unpaired) electrons. The van der Waals surface area contributed by atoms with E-state index in [9.17, 15) is 13.6 Å². The number of nitrogens with zero attached hydrogens (tertiary/aromatic N) is 1. The van der Waals surface area contributed by atoms with Crippen LogP contribution in [-0.2, 0) is 0 Å². The molecule has 20 heavy (non-hydrogen) atoms. The molecule has 1 aliphatic rings. The van der Waals surface area contributed by atoms with Gasteiger partial charge in [0.1, 0.15) is 0 Å². The van der Waals surface area contributed by atoms with Crippen molar-refractivity contribution in [3.05, 3.63) is 35.4 Å². The lowest BCUT2D eigenvalue weighted by Crippen LogP contribution is -2.46. The fraction of sp³-hybridized carbons (Fsp3) is 0.533. The third-order valence-corrected chi connectivity index (χ3v) is 3.79. The van der Waals surface area contributed by atoms with E-state index in [1.807, 2.05) is 0 Å². The monoisotopic (exact) mass is 282 g/mol. The molecule has 1 amide bonds. The van der Waals surface area contributed by atoms with Crippen LogP contribution in [0.25, 0.3) is 0 Å². The number of carbonyl (C=O) groups is 1. The Kier molecular flexibility index (Phi) is 4.70. The van der Waals surface area contributed by atoms with Crippen molar-refractivity contribution in [1.82, 2.24) is 10.2 Å². The maximum absolute atomic E-state index is 13.5. The number of rotatable bonds is 3. The van der Waals surface area contributed by atoms with Crippen LogP contribution in [0.15, 0.2) is 18.2 Å². The number of carbonyl (C=O) groups excluding carboxylic acids is 1. The van der Waals surface area contributed by atoms with Gasteiger partial charge in [-0.2, -0.15) is 0 Å². The molecule has 1 aliphatic heterocycles. The Morgan fingerprint density at radius 3 is 2.55 bits per heavy atom. The number of hydrogen-bond donors (Lipinski definition) is 1. The van der Waals surface area contributed by atoms with Gasteiger partial charge in [-0.3, -0.25) is 4.79 Å². The van der Waals surface area contributed by atoms with E-state index in [-0.39, 0.29) is 11.6 Å². The van der Waals surface area contributed by atoms with Crippen LogP contribution in [0.4, 0.5) is 8.78 Å². The molecule has 1 heterocycles. The van der Waals surface area contributed by atoms with Crippen molar-refractivity contribution in [3.63, 3.8) is 0 Å². The highest BCUT2D eigenvalue weighted by Gasteiger charge is 2.23. The molecule has 110 valence electrons. The molecule has 3 nitrogen and oxygen atoms in total. The molecule has 0 aliphatic carbocycles. The number of hydrogen-bond acceptors (Lipinski definition) is 2. The molecule has 1 aromatic rings. The number of likely N-dealkylation sites (tertiary alicyclic amines) is 1. The lowest BCUT2D eigenvalue weighted by atomic mass is 10.0.